The van der Waals surface area contributed by atoms with Crippen LogP contribution in [0.2, 0.25) is 0 Å². The largest absolute Gasteiger partial charge is 0.493 e. The van der Waals surface area contributed by atoms with E-state index in [9.17, 15) is 0 Å². The summed E-state index contributed by atoms with van der Waals surface area (Å²) in [5.41, 5.74) is 7.01. The molecule has 1 aliphatic heterocycles. The zero-order valence-corrected chi connectivity index (χ0v) is 10.5. The summed E-state index contributed by atoms with van der Waals surface area (Å²) >= 11 is 0. The fraction of sp³-hybridized carbons (Fsp3) is 0.538. The minimum atomic E-state index is -0.0977. The Kier molecular flexibility index (Phi) is 3.54. The molecule has 0 aliphatic carbocycles. The number of methoxy groups -OCH3 is 2. The molecule has 0 bridgehead atoms. The number of benzene rings is 1. The summed E-state index contributed by atoms with van der Waals surface area (Å²) in [5, 5.41) is 3.50. The van der Waals surface area contributed by atoms with Crippen molar-refractivity contribution < 1.29 is 9.47 Å². The van der Waals surface area contributed by atoms with Crippen LogP contribution in [0.5, 0.6) is 11.5 Å². The molecule has 1 unspecified atom stereocenters. The standard InChI is InChI=1S/C13H20N2O2/c1-16-11-5-4-10(8-12(11)17-2)13(9-14)6-3-7-15-13/h4-5,8,15H,3,6-7,9,14H2,1-2H3. The van der Waals surface area contributed by atoms with Crippen LogP contribution in [0.1, 0.15) is 18.4 Å². The van der Waals surface area contributed by atoms with Gasteiger partial charge in [-0.15, -0.1) is 0 Å². The number of ether oxygens (including phenoxy) is 2. The van der Waals surface area contributed by atoms with Gasteiger partial charge in [0.2, 0.25) is 0 Å². The number of hydrogen-bond acceptors (Lipinski definition) is 4. The molecule has 0 aromatic heterocycles. The Bertz CT molecular complexity index is 387. The van der Waals surface area contributed by atoms with Crippen LogP contribution in [-0.4, -0.2) is 27.3 Å². The molecule has 17 heavy (non-hydrogen) atoms. The highest BCUT2D eigenvalue weighted by Crippen LogP contribution is 2.35. The van der Waals surface area contributed by atoms with Gasteiger partial charge in [0.25, 0.3) is 0 Å². The molecular weight excluding hydrogens is 216 g/mol. The second-order valence-corrected chi connectivity index (χ2v) is 4.39. The van der Waals surface area contributed by atoms with E-state index in [0.717, 1.165) is 30.9 Å². The lowest BCUT2D eigenvalue weighted by molar-refractivity contribution is 0.349. The molecule has 2 rings (SSSR count). The number of nitrogens with two attached hydrogens (primary N) is 1. The van der Waals surface area contributed by atoms with E-state index >= 15 is 0 Å². The molecule has 0 saturated carbocycles. The monoisotopic (exact) mass is 236 g/mol. The second kappa shape index (κ2) is 4.94. The Hall–Kier alpha value is -1.26. The minimum absolute atomic E-state index is 0.0977. The third-order valence-electron chi connectivity index (χ3n) is 3.53. The molecule has 1 atom stereocenters. The lowest BCUT2D eigenvalue weighted by atomic mass is 9.88. The first kappa shape index (κ1) is 12.2. The molecule has 1 heterocycles. The quantitative estimate of drug-likeness (QED) is 0.826. The molecule has 1 aromatic carbocycles. The average molecular weight is 236 g/mol. The van der Waals surface area contributed by atoms with Crippen molar-refractivity contribution in [1.29, 1.82) is 0 Å². The van der Waals surface area contributed by atoms with Gasteiger partial charge in [0.05, 0.1) is 19.8 Å². The van der Waals surface area contributed by atoms with Crippen LogP contribution in [-0.2, 0) is 5.54 Å². The van der Waals surface area contributed by atoms with Gasteiger partial charge in [0.1, 0.15) is 0 Å². The van der Waals surface area contributed by atoms with E-state index in [0.29, 0.717) is 6.54 Å². The van der Waals surface area contributed by atoms with Crippen molar-refractivity contribution in [2.24, 2.45) is 5.73 Å². The molecule has 0 radical (unpaired) electrons. The maximum atomic E-state index is 5.93. The van der Waals surface area contributed by atoms with E-state index in [1.54, 1.807) is 14.2 Å². The summed E-state index contributed by atoms with van der Waals surface area (Å²) in [5.74, 6) is 1.51. The molecular formula is C13H20N2O2. The van der Waals surface area contributed by atoms with Crippen molar-refractivity contribution in [2.45, 2.75) is 18.4 Å². The Morgan fingerprint density at radius 2 is 2.06 bits per heavy atom. The van der Waals surface area contributed by atoms with E-state index in [4.69, 9.17) is 15.2 Å². The first-order valence-electron chi connectivity index (χ1n) is 5.93. The predicted molar refractivity (Wildman–Crippen MR) is 67.5 cm³/mol. The lowest BCUT2D eigenvalue weighted by Crippen LogP contribution is -2.43. The smallest absolute Gasteiger partial charge is 0.161 e. The molecule has 3 N–H and O–H groups in total. The molecule has 1 fully saturated rings. The van der Waals surface area contributed by atoms with E-state index in [2.05, 4.69) is 11.4 Å². The molecule has 1 aliphatic rings. The van der Waals surface area contributed by atoms with Crippen molar-refractivity contribution in [3.63, 3.8) is 0 Å². The van der Waals surface area contributed by atoms with Crippen molar-refractivity contribution in [1.82, 2.24) is 5.32 Å². The van der Waals surface area contributed by atoms with Gasteiger partial charge >= 0.3 is 0 Å². The molecule has 1 saturated heterocycles. The summed E-state index contributed by atoms with van der Waals surface area (Å²) in [7, 11) is 3.29. The molecule has 94 valence electrons. The molecule has 1 aromatic rings. The molecule has 4 heteroatoms. The zero-order chi connectivity index (χ0) is 12.3. The maximum Gasteiger partial charge on any atom is 0.161 e. The third kappa shape index (κ3) is 2.10. The highest BCUT2D eigenvalue weighted by Gasteiger charge is 2.34. The molecule has 4 nitrogen and oxygen atoms in total. The first-order chi connectivity index (χ1) is 8.25. The number of nitrogens with one attached hydrogen (secondary N) is 1. The second-order valence-electron chi connectivity index (χ2n) is 4.39. The van der Waals surface area contributed by atoms with Gasteiger partial charge in [-0.05, 0) is 37.1 Å². The fourth-order valence-electron chi connectivity index (χ4n) is 2.48. The van der Waals surface area contributed by atoms with Crippen molar-refractivity contribution in [2.75, 3.05) is 27.3 Å². The van der Waals surface area contributed by atoms with Gasteiger partial charge in [-0.3, -0.25) is 0 Å². The fourth-order valence-corrected chi connectivity index (χ4v) is 2.48. The van der Waals surface area contributed by atoms with E-state index < -0.39 is 0 Å². The highest BCUT2D eigenvalue weighted by atomic mass is 16.5. The highest BCUT2D eigenvalue weighted by molar-refractivity contribution is 5.45. The van der Waals surface area contributed by atoms with Crippen LogP contribution >= 0.6 is 0 Å². The van der Waals surface area contributed by atoms with Crippen molar-refractivity contribution >= 4 is 0 Å². The maximum absolute atomic E-state index is 5.93. The van der Waals surface area contributed by atoms with Crippen molar-refractivity contribution in [3.05, 3.63) is 23.8 Å². The lowest BCUT2D eigenvalue weighted by Gasteiger charge is -2.29. The third-order valence-corrected chi connectivity index (χ3v) is 3.53. The SMILES string of the molecule is COc1ccc(C2(CN)CCCN2)cc1OC. The molecule has 0 amide bonds. The normalized spacial score (nSPS) is 23.7. The minimum Gasteiger partial charge on any atom is -0.493 e. The summed E-state index contributed by atoms with van der Waals surface area (Å²) < 4.78 is 10.6. The van der Waals surface area contributed by atoms with E-state index in [-0.39, 0.29) is 5.54 Å². The van der Waals surface area contributed by atoms with Crippen LogP contribution in [0, 0.1) is 0 Å². The van der Waals surface area contributed by atoms with Crippen LogP contribution in [0.3, 0.4) is 0 Å². The van der Waals surface area contributed by atoms with E-state index in [1.807, 2.05) is 12.1 Å². The summed E-state index contributed by atoms with van der Waals surface area (Å²) in [4.78, 5) is 0. The van der Waals surface area contributed by atoms with Crippen LogP contribution in [0.15, 0.2) is 18.2 Å². The predicted octanol–water partition coefficient (Wildman–Crippen LogP) is 1.24. The number of hydrogen-bond donors (Lipinski definition) is 2. The van der Waals surface area contributed by atoms with Gasteiger partial charge in [0.15, 0.2) is 11.5 Å². The van der Waals surface area contributed by atoms with Gasteiger partial charge < -0.3 is 20.5 Å². The van der Waals surface area contributed by atoms with Gasteiger partial charge in [0, 0.05) is 6.54 Å². The van der Waals surface area contributed by atoms with Crippen LogP contribution in [0.25, 0.3) is 0 Å². The van der Waals surface area contributed by atoms with Crippen LogP contribution < -0.4 is 20.5 Å². The van der Waals surface area contributed by atoms with E-state index in [1.165, 1.54) is 5.56 Å². The Morgan fingerprint density at radius 1 is 1.29 bits per heavy atom. The topological polar surface area (TPSA) is 56.5 Å². The molecule has 0 spiro atoms. The Labute approximate surface area is 102 Å². The summed E-state index contributed by atoms with van der Waals surface area (Å²) in [6.07, 6.45) is 2.23. The van der Waals surface area contributed by atoms with Crippen LogP contribution in [0.4, 0.5) is 0 Å². The Balaban J connectivity index is 2.38. The van der Waals surface area contributed by atoms with Crippen molar-refractivity contribution in [3.8, 4) is 11.5 Å². The first-order valence-corrected chi connectivity index (χ1v) is 5.93. The Morgan fingerprint density at radius 3 is 2.59 bits per heavy atom. The van der Waals surface area contributed by atoms with Gasteiger partial charge in [-0.1, -0.05) is 6.07 Å². The van der Waals surface area contributed by atoms with Gasteiger partial charge in [-0.2, -0.15) is 0 Å². The summed E-state index contributed by atoms with van der Waals surface area (Å²) in [6.45, 7) is 1.62. The van der Waals surface area contributed by atoms with Gasteiger partial charge in [-0.25, -0.2) is 0 Å². The average Bonchev–Trinajstić information content (AvgIpc) is 2.88. The number of rotatable bonds is 4. The summed E-state index contributed by atoms with van der Waals surface area (Å²) in [6, 6.07) is 6.02. The zero-order valence-electron chi connectivity index (χ0n) is 10.5.